The second-order valence-electron chi connectivity index (χ2n) is 4.58. The number of benzene rings is 1. The van der Waals surface area contributed by atoms with Gasteiger partial charge in [-0.2, -0.15) is 0 Å². The number of nitrogens with two attached hydrogens (primary N) is 1. The lowest BCUT2D eigenvalue weighted by Gasteiger charge is -2.34. The molecule has 1 aliphatic carbocycles. The van der Waals surface area contributed by atoms with Gasteiger partial charge in [-0.15, -0.1) is 12.4 Å². The van der Waals surface area contributed by atoms with Gasteiger partial charge in [-0.25, -0.2) is 5.01 Å². The summed E-state index contributed by atoms with van der Waals surface area (Å²) in [5.41, 5.74) is 1.20. The van der Waals surface area contributed by atoms with E-state index in [-0.39, 0.29) is 24.6 Å². The highest BCUT2D eigenvalue weighted by atomic mass is 35.5. The Labute approximate surface area is 109 Å². The van der Waals surface area contributed by atoms with Gasteiger partial charge >= 0.3 is 0 Å². The topological polar surface area (TPSA) is 49.5 Å². The molecule has 0 unspecified atom stereocenters. The first-order valence-electron chi connectivity index (χ1n) is 6.00. The van der Waals surface area contributed by atoms with Crippen LogP contribution in [0.5, 0.6) is 0 Å². The van der Waals surface area contributed by atoms with Crippen LogP contribution in [0, 0.1) is 0 Å². The molecule has 3 N–H and O–H groups in total. The van der Waals surface area contributed by atoms with Crippen LogP contribution >= 0.6 is 12.4 Å². The Kier molecular flexibility index (Phi) is 5.92. The van der Waals surface area contributed by atoms with Gasteiger partial charge in [0, 0.05) is 6.54 Å². The maximum Gasteiger partial charge on any atom is 0.0709 e. The van der Waals surface area contributed by atoms with Crippen LogP contribution in [-0.2, 0) is 6.54 Å². The monoisotopic (exact) mass is 256 g/mol. The molecule has 0 saturated heterocycles. The highest BCUT2D eigenvalue weighted by Crippen LogP contribution is 2.22. The van der Waals surface area contributed by atoms with Crippen molar-refractivity contribution >= 4 is 12.4 Å². The average Bonchev–Trinajstić information content (AvgIpc) is 2.31. The molecule has 4 heteroatoms. The Hall–Kier alpha value is -0.610. The minimum Gasteiger partial charge on any atom is -0.391 e. The average molecular weight is 257 g/mol. The lowest BCUT2D eigenvalue weighted by molar-refractivity contribution is 0.0152. The Morgan fingerprint density at radius 2 is 1.82 bits per heavy atom. The van der Waals surface area contributed by atoms with E-state index in [0.717, 1.165) is 19.3 Å². The quantitative estimate of drug-likeness (QED) is 0.643. The minimum atomic E-state index is -0.262. The summed E-state index contributed by atoms with van der Waals surface area (Å²) in [7, 11) is 0. The molecule has 3 nitrogen and oxygen atoms in total. The van der Waals surface area contributed by atoms with Gasteiger partial charge in [-0.1, -0.05) is 43.2 Å². The fraction of sp³-hybridized carbons (Fsp3) is 0.538. The summed E-state index contributed by atoms with van der Waals surface area (Å²) in [4.78, 5) is 0. The van der Waals surface area contributed by atoms with Gasteiger partial charge < -0.3 is 5.11 Å². The van der Waals surface area contributed by atoms with Crippen molar-refractivity contribution in [3.63, 3.8) is 0 Å². The molecule has 1 fully saturated rings. The smallest absolute Gasteiger partial charge is 0.0709 e. The van der Waals surface area contributed by atoms with E-state index in [1.54, 1.807) is 5.01 Å². The van der Waals surface area contributed by atoms with Crippen LogP contribution in [0.3, 0.4) is 0 Å². The van der Waals surface area contributed by atoms with Crippen LogP contribution in [0.25, 0.3) is 0 Å². The maximum absolute atomic E-state index is 9.90. The van der Waals surface area contributed by atoms with Crippen molar-refractivity contribution in [2.24, 2.45) is 5.84 Å². The van der Waals surface area contributed by atoms with E-state index in [4.69, 9.17) is 5.84 Å². The van der Waals surface area contributed by atoms with Crippen LogP contribution in [0.2, 0.25) is 0 Å². The highest BCUT2D eigenvalue weighted by molar-refractivity contribution is 5.85. The van der Waals surface area contributed by atoms with Gasteiger partial charge in [0.1, 0.15) is 0 Å². The minimum absolute atomic E-state index is 0. The van der Waals surface area contributed by atoms with Gasteiger partial charge in [-0.05, 0) is 18.4 Å². The van der Waals surface area contributed by atoms with Crippen LogP contribution in [0.1, 0.15) is 31.2 Å². The van der Waals surface area contributed by atoms with E-state index in [1.165, 1.54) is 12.0 Å². The molecule has 0 amide bonds. The molecular weight excluding hydrogens is 236 g/mol. The second kappa shape index (κ2) is 6.97. The van der Waals surface area contributed by atoms with Crippen molar-refractivity contribution in [2.45, 2.75) is 44.4 Å². The molecule has 96 valence electrons. The van der Waals surface area contributed by atoms with Crippen LogP contribution < -0.4 is 5.84 Å². The maximum atomic E-state index is 9.90. The molecule has 0 bridgehead atoms. The zero-order valence-corrected chi connectivity index (χ0v) is 10.8. The third-order valence-corrected chi connectivity index (χ3v) is 3.33. The lowest BCUT2D eigenvalue weighted by atomic mass is 9.92. The molecule has 1 aromatic carbocycles. The third-order valence-electron chi connectivity index (χ3n) is 3.33. The Balaban J connectivity index is 0.00000144. The van der Waals surface area contributed by atoms with Gasteiger partial charge in [0.05, 0.1) is 12.1 Å². The number of aliphatic hydroxyl groups is 1. The van der Waals surface area contributed by atoms with Gasteiger partial charge in [0.15, 0.2) is 0 Å². The Bertz CT molecular complexity index is 320. The van der Waals surface area contributed by atoms with Crippen molar-refractivity contribution in [1.82, 2.24) is 5.01 Å². The van der Waals surface area contributed by atoms with Crippen LogP contribution in [-0.4, -0.2) is 22.3 Å². The number of nitrogens with zero attached hydrogens (tertiary/aromatic N) is 1. The predicted molar refractivity (Wildman–Crippen MR) is 71.7 cm³/mol. The molecular formula is C13H21ClN2O. The van der Waals surface area contributed by atoms with Crippen molar-refractivity contribution in [3.8, 4) is 0 Å². The van der Waals surface area contributed by atoms with E-state index in [0.29, 0.717) is 6.54 Å². The molecule has 1 saturated carbocycles. The fourth-order valence-corrected chi connectivity index (χ4v) is 2.39. The standard InChI is InChI=1S/C13H20N2O.ClH/c14-15(10-11-6-2-1-3-7-11)12-8-4-5-9-13(12)16;/h1-3,6-7,12-13,16H,4-5,8-10,14H2;1H/t12-,13+;/m1./s1. The molecule has 1 aromatic rings. The van der Waals surface area contributed by atoms with Gasteiger partial charge in [0.2, 0.25) is 0 Å². The molecule has 0 heterocycles. The first-order valence-corrected chi connectivity index (χ1v) is 6.00. The second-order valence-corrected chi connectivity index (χ2v) is 4.58. The number of hydrogen-bond acceptors (Lipinski definition) is 3. The molecule has 1 aliphatic rings. The first kappa shape index (κ1) is 14.5. The molecule has 0 radical (unpaired) electrons. The van der Waals surface area contributed by atoms with Crippen LogP contribution in [0.4, 0.5) is 0 Å². The summed E-state index contributed by atoms with van der Waals surface area (Å²) >= 11 is 0. The van der Waals surface area contributed by atoms with E-state index in [2.05, 4.69) is 12.1 Å². The summed E-state index contributed by atoms with van der Waals surface area (Å²) < 4.78 is 0. The van der Waals surface area contributed by atoms with E-state index in [1.807, 2.05) is 18.2 Å². The number of aliphatic hydroxyl groups excluding tert-OH is 1. The lowest BCUT2D eigenvalue weighted by Crippen LogP contribution is -2.48. The third kappa shape index (κ3) is 3.96. The van der Waals surface area contributed by atoms with E-state index in [9.17, 15) is 5.11 Å². The normalized spacial score (nSPS) is 24.4. The number of rotatable bonds is 3. The van der Waals surface area contributed by atoms with E-state index < -0.39 is 0 Å². The zero-order valence-electron chi connectivity index (χ0n) is 9.96. The number of hydrogen-bond donors (Lipinski definition) is 2. The number of hydrazine groups is 1. The van der Waals surface area contributed by atoms with Crippen molar-refractivity contribution in [2.75, 3.05) is 0 Å². The number of halogens is 1. The van der Waals surface area contributed by atoms with Crippen LogP contribution in [0.15, 0.2) is 30.3 Å². The SMILES string of the molecule is Cl.NN(Cc1ccccc1)[C@@H]1CCCC[C@@H]1O. The summed E-state index contributed by atoms with van der Waals surface area (Å²) in [6, 6.07) is 10.3. The van der Waals surface area contributed by atoms with Crippen molar-refractivity contribution in [3.05, 3.63) is 35.9 Å². The van der Waals surface area contributed by atoms with E-state index >= 15 is 0 Å². The summed E-state index contributed by atoms with van der Waals surface area (Å²) in [6.45, 7) is 0.711. The first-order chi connectivity index (χ1) is 7.77. The molecule has 0 aliphatic heterocycles. The van der Waals surface area contributed by atoms with Crippen molar-refractivity contribution < 1.29 is 5.11 Å². The zero-order chi connectivity index (χ0) is 11.4. The molecule has 2 atom stereocenters. The fourth-order valence-electron chi connectivity index (χ4n) is 2.39. The van der Waals surface area contributed by atoms with Gasteiger partial charge in [-0.3, -0.25) is 5.84 Å². The summed E-state index contributed by atoms with van der Waals surface area (Å²) in [5, 5.41) is 11.7. The molecule has 0 spiro atoms. The predicted octanol–water partition coefficient (Wildman–Crippen LogP) is 2.09. The highest BCUT2D eigenvalue weighted by Gasteiger charge is 2.26. The molecule has 2 rings (SSSR count). The molecule has 17 heavy (non-hydrogen) atoms. The van der Waals surface area contributed by atoms with Crippen molar-refractivity contribution in [1.29, 1.82) is 0 Å². The Morgan fingerprint density at radius 3 is 2.47 bits per heavy atom. The summed E-state index contributed by atoms with van der Waals surface area (Å²) in [6.07, 6.45) is 3.92. The molecule has 0 aromatic heterocycles. The van der Waals surface area contributed by atoms with Gasteiger partial charge in [0.25, 0.3) is 0 Å². The largest absolute Gasteiger partial charge is 0.391 e. The summed E-state index contributed by atoms with van der Waals surface area (Å²) in [5.74, 6) is 6.04. The Morgan fingerprint density at radius 1 is 1.18 bits per heavy atom.